The third-order valence-electron chi connectivity index (χ3n) is 4.10. The number of rotatable bonds is 5. The van der Waals surface area contributed by atoms with Crippen LogP contribution in [-0.2, 0) is 4.79 Å². The first kappa shape index (κ1) is 21.2. The fraction of sp³-hybridized carbons (Fsp3) is 0.286. The Kier molecular flexibility index (Phi) is 6.19. The smallest absolute Gasteiger partial charge is 0.335 e. The van der Waals surface area contributed by atoms with Gasteiger partial charge in [0.2, 0.25) is 0 Å². The monoisotopic (exact) mass is 432 g/mol. The number of hydrogen-bond acceptors (Lipinski definition) is 5. The highest BCUT2D eigenvalue weighted by Gasteiger charge is 2.35. The van der Waals surface area contributed by atoms with Crippen molar-refractivity contribution in [2.75, 3.05) is 0 Å². The molecule has 1 saturated heterocycles. The van der Waals surface area contributed by atoms with E-state index in [2.05, 4.69) is 4.99 Å². The molecule has 0 aliphatic carbocycles. The van der Waals surface area contributed by atoms with Crippen LogP contribution < -0.4 is 0 Å². The largest absolute Gasteiger partial charge is 0.478 e. The van der Waals surface area contributed by atoms with Gasteiger partial charge in [0.25, 0.3) is 5.91 Å². The predicted octanol–water partition coefficient (Wildman–Crippen LogP) is 5.39. The van der Waals surface area contributed by atoms with Crippen LogP contribution in [0.1, 0.15) is 43.8 Å². The van der Waals surface area contributed by atoms with Crippen LogP contribution in [0, 0.1) is 0 Å². The number of halogens is 1. The molecule has 29 heavy (non-hydrogen) atoms. The predicted molar refractivity (Wildman–Crippen MR) is 116 cm³/mol. The quantitative estimate of drug-likeness (QED) is 0.640. The molecule has 3 rings (SSSR count). The Hall–Kier alpha value is -2.51. The Morgan fingerprint density at radius 1 is 1.24 bits per heavy atom. The maximum absolute atomic E-state index is 12.8. The van der Waals surface area contributed by atoms with E-state index >= 15 is 0 Å². The van der Waals surface area contributed by atoms with Gasteiger partial charge in [0.1, 0.15) is 11.5 Å². The molecule has 1 aromatic carbocycles. The Morgan fingerprint density at radius 2 is 1.97 bits per heavy atom. The van der Waals surface area contributed by atoms with E-state index in [4.69, 9.17) is 16.0 Å². The number of carboxylic acids is 1. The summed E-state index contributed by atoms with van der Waals surface area (Å²) in [4.78, 5) is 30.8. The van der Waals surface area contributed by atoms with Crippen molar-refractivity contribution in [3.8, 4) is 11.3 Å². The molecule has 1 aliphatic heterocycles. The number of aromatic carboxylic acids is 1. The molecule has 1 fully saturated rings. The minimum absolute atomic E-state index is 0.0110. The molecular formula is C21H21ClN2O4S. The van der Waals surface area contributed by atoms with Gasteiger partial charge in [0.05, 0.1) is 15.5 Å². The van der Waals surface area contributed by atoms with Gasteiger partial charge in [-0.1, -0.05) is 11.6 Å². The van der Waals surface area contributed by atoms with Crippen molar-refractivity contribution in [2.45, 2.75) is 39.8 Å². The molecule has 152 valence electrons. The van der Waals surface area contributed by atoms with Crippen molar-refractivity contribution in [3.63, 3.8) is 0 Å². The summed E-state index contributed by atoms with van der Waals surface area (Å²) in [5, 5.41) is 10.2. The van der Waals surface area contributed by atoms with Crippen molar-refractivity contribution < 1.29 is 19.1 Å². The van der Waals surface area contributed by atoms with Gasteiger partial charge in [-0.25, -0.2) is 4.79 Å². The molecule has 1 amide bonds. The maximum Gasteiger partial charge on any atom is 0.335 e. The van der Waals surface area contributed by atoms with Crippen molar-refractivity contribution in [1.82, 2.24) is 4.90 Å². The second kappa shape index (κ2) is 8.47. The number of amidine groups is 1. The number of benzene rings is 1. The standard InChI is InChI=1S/C21H21ClN2O4S/c1-11(2)23-21-24(12(3)4)19(25)18(29-21)10-14-6-8-17(28-14)15-9-13(20(26)27)5-7-16(15)22/h5-12H,1-4H3,(H,26,27)/b18-10+,23-21?. The molecule has 2 heterocycles. The van der Waals surface area contributed by atoms with Gasteiger partial charge in [-0.05, 0) is 69.8 Å². The van der Waals surface area contributed by atoms with E-state index in [0.717, 1.165) is 0 Å². The van der Waals surface area contributed by atoms with Crippen molar-refractivity contribution >= 4 is 46.5 Å². The SMILES string of the molecule is CC(C)N=C1S/C(=C/c2ccc(-c3cc(C(=O)O)ccc3Cl)o2)C(=O)N1C(C)C. The van der Waals surface area contributed by atoms with Crippen LogP contribution in [0.15, 0.2) is 44.6 Å². The Morgan fingerprint density at radius 3 is 2.59 bits per heavy atom. The Balaban J connectivity index is 1.94. The summed E-state index contributed by atoms with van der Waals surface area (Å²) >= 11 is 7.53. The van der Waals surface area contributed by atoms with Crippen LogP contribution in [0.4, 0.5) is 0 Å². The van der Waals surface area contributed by atoms with Gasteiger partial charge in [-0.2, -0.15) is 0 Å². The fourth-order valence-electron chi connectivity index (χ4n) is 2.80. The zero-order valence-corrected chi connectivity index (χ0v) is 18.0. The van der Waals surface area contributed by atoms with Gasteiger partial charge >= 0.3 is 5.97 Å². The number of hydrogen-bond donors (Lipinski definition) is 1. The van der Waals surface area contributed by atoms with Crippen LogP contribution in [-0.4, -0.2) is 39.1 Å². The lowest BCUT2D eigenvalue weighted by molar-refractivity contribution is -0.123. The van der Waals surface area contributed by atoms with E-state index in [0.29, 0.717) is 32.2 Å². The number of aliphatic imine (C=N–C) groups is 1. The topological polar surface area (TPSA) is 83.1 Å². The van der Waals surface area contributed by atoms with Crippen molar-refractivity contribution in [1.29, 1.82) is 0 Å². The molecule has 8 heteroatoms. The van der Waals surface area contributed by atoms with E-state index < -0.39 is 5.97 Å². The van der Waals surface area contributed by atoms with Crippen LogP contribution >= 0.6 is 23.4 Å². The molecule has 0 saturated carbocycles. The molecule has 6 nitrogen and oxygen atoms in total. The summed E-state index contributed by atoms with van der Waals surface area (Å²) in [7, 11) is 0. The van der Waals surface area contributed by atoms with Gasteiger partial charge in [-0.15, -0.1) is 0 Å². The molecular weight excluding hydrogens is 412 g/mol. The minimum atomic E-state index is -1.05. The highest BCUT2D eigenvalue weighted by atomic mass is 35.5. The average Bonchev–Trinajstić information content (AvgIpc) is 3.20. The first-order chi connectivity index (χ1) is 13.7. The normalized spacial score (nSPS) is 17.3. The number of thioether (sulfide) groups is 1. The Labute approximate surface area is 178 Å². The first-order valence-electron chi connectivity index (χ1n) is 9.11. The summed E-state index contributed by atoms with van der Waals surface area (Å²) < 4.78 is 5.83. The average molecular weight is 433 g/mol. The van der Waals surface area contributed by atoms with E-state index in [1.807, 2.05) is 27.7 Å². The zero-order chi connectivity index (χ0) is 21.3. The fourth-order valence-corrected chi connectivity index (χ4v) is 4.23. The molecule has 1 aromatic heterocycles. The summed E-state index contributed by atoms with van der Waals surface area (Å²) in [5.41, 5.74) is 0.594. The molecule has 0 bridgehead atoms. The second-order valence-electron chi connectivity index (χ2n) is 7.09. The summed E-state index contributed by atoms with van der Waals surface area (Å²) in [5.74, 6) is -0.261. The van der Waals surface area contributed by atoms with Gasteiger partial charge < -0.3 is 9.52 Å². The second-order valence-corrected chi connectivity index (χ2v) is 8.50. The highest BCUT2D eigenvalue weighted by molar-refractivity contribution is 8.18. The third kappa shape index (κ3) is 4.57. The first-order valence-corrected chi connectivity index (χ1v) is 10.3. The van der Waals surface area contributed by atoms with Crippen molar-refractivity contribution in [3.05, 3.63) is 51.6 Å². The van der Waals surface area contributed by atoms with Gasteiger partial charge in [0, 0.05) is 23.7 Å². The number of furan rings is 1. The maximum atomic E-state index is 12.8. The molecule has 0 radical (unpaired) electrons. The minimum Gasteiger partial charge on any atom is -0.478 e. The third-order valence-corrected chi connectivity index (χ3v) is 5.43. The number of carbonyl (C=O) groups excluding carboxylic acids is 1. The van der Waals surface area contributed by atoms with Crippen molar-refractivity contribution in [2.24, 2.45) is 4.99 Å². The molecule has 0 unspecified atom stereocenters. The number of amides is 1. The van der Waals surface area contributed by atoms with E-state index in [1.165, 1.54) is 30.0 Å². The highest BCUT2D eigenvalue weighted by Crippen LogP contribution is 2.36. The number of carbonyl (C=O) groups is 2. The molecule has 2 aromatic rings. The van der Waals surface area contributed by atoms with Crippen LogP contribution in [0.25, 0.3) is 17.4 Å². The summed E-state index contributed by atoms with van der Waals surface area (Å²) in [6.45, 7) is 7.82. The van der Waals surface area contributed by atoms with Gasteiger partial charge in [-0.3, -0.25) is 14.7 Å². The Bertz CT molecular complexity index is 1020. The molecule has 1 aliphatic rings. The lowest BCUT2D eigenvalue weighted by atomic mass is 10.1. The van der Waals surface area contributed by atoms with Crippen LogP contribution in [0.3, 0.4) is 0 Å². The van der Waals surface area contributed by atoms with Gasteiger partial charge in [0.15, 0.2) is 5.17 Å². The lowest BCUT2D eigenvalue weighted by Crippen LogP contribution is -2.35. The molecule has 1 N–H and O–H groups in total. The van der Waals surface area contributed by atoms with E-state index in [9.17, 15) is 14.7 Å². The zero-order valence-electron chi connectivity index (χ0n) is 16.5. The molecule has 0 atom stereocenters. The van der Waals surface area contributed by atoms with E-state index in [-0.39, 0.29) is 23.6 Å². The lowest BCUT2D eigenvalue weighted by Gasteiger charge is -2.20. The van der Waals surface area contributed by atoms with Crippen LogP contribution in [0.2, 0.25) is 5.02 Å². The number of nitrogens with zero attached hydrogens (tertiary/aromatic N) is 2. The summed E-state index contributed by atoms with van der Waals surface area (Å²) in [6, 6.07) is 7.90. The molecule has 0 spiro atoms. The van der Waals surface area contributed by atoms with Crippen LogP contribution in [0.5, 0.6) is 0 Å². The number of carboxylic acid groups (broad SMARTS) is 1. The summed E-state index contributed by atoms with van der Waals surface area (Å²) in [6.07, 6.45) is 1.67. The van der Waals surface area contributed by atoms with E-state index in [1.54, 1.807) is 23.1 Å².